The number of amides is 2. The first kappa shape index (κ1) is 26.1. The zero-order chi connectivity index (χ0) is 25.3. The van der Waals surface area contributed by atoms with Gasteiger partial charge in [0.05, 0.1) is 18.8 Å². The van der Waals surface area contributed by atoms with Crippen LogP contribution in [0.2, 0.25) is 0 Å². The van der Waals surface area contributed by atoms with Crippen LogP contribution in [0, 0.1) is 5.92 Å². The highest BCUT2D eigenvalue weighted by atomic mass is 32.2. The van der Waals surface area contributed by atoms with Gasteiger partial charge in [0, 0.05) is 42.7 Å². The van der Waals surface area contributed by atoms with Crippen molar-refractivity contribution in [3.63, 3.8) is 0 Å². The van der Waals surface area contributed by atoms with Crippen LogP contribution >= 0.6 is 11.8 Å². The van der Waals surface area contributed by atoms with Gasteiger partial charge in [-0.2, -0.15) is 0 Å². The summed E-state index contributed by atoms with van der Waals surface area (Å²) >= 11 is 1.56. The lowest BCUT2D eigenvalue weighted by atomic mass is 9.91. The Bertz CT molecular complexity index is 1100. The second-order valence-corrected chi connectivity index (χ2v) is 9.61. The first-order valence-corrected chi connectivity index (χ1v) is 13.1. The van der Waals surface area contributed by atoms with Crippen LogP contribution in [-0.2, 0) is 22.6 Å². The van der Waals surface area contributed by atoms with Crippen molar-refractivity contribution in [3.8, 4) is 0 Å². The van der Waals surface area contributed by atoms with Gasteiger partial charge in [-0.25, -0.2) is 14.8 Å². The van der Waals surface area contributed by atoms with Crippen molar-refractivity contribution in [2.24, 2.45) is 5.92 Å². The summed E-state index contributed by atoms with van der Waals surface area (Å²) in [6.45, 7) is 5.04. The van der Waals surface area contributed by atoms with Gasteiger partial charge in [0.1, 0.15) is 0 Å². The van der Waals surface area contributed by atoms with E-state index in [9.17, 15) is 9.90 Å². The average Bonchev–Trinajstić information content (AvgIpc) is 2.92. The predicted molar refractivity (Wildman–Crippen MR) is 138 cm³/mol. The molecule has 1 aliphatic rings. The maximum Gasteiger partial charge on any atom is 0.315 e. The smallest absolute Gasteiger partial charge is 0.315 e. The van der Waals surface area contributed by atoms with Crippen LogP contribution in [0.15, 0.2) is 72.1 Å². The van der Waals surface area contributed by atoms with Gasteiger partial charge in [0.15, 0.2) is 11.4 Å². The standard InChI is InChI=1S/C27H32N4O4S/c1-3-28-26(33)31-15-19-5-11-22(12-6-19)25-34-23(17-36-27-29-13-4-14-30-27)18(2)24(35-25)21-9-7-20(16-32)8-10-21/h4-14,18,23-25,32H,3,15-17H2,1-2H3,(H2,28,31,33). The summed E-state index contributed by atoms with van der Waals surface area (Å²) in [6.07, 6.45) is 2.65. The Morgan fingerprint density at radius 1 is 0.972 bits per heavy atom. The Balaban J connectivity index is 1.50. The summed E-state index contributed by atoms with van der Waals surface area (Å²) in [6, 6.07) is 17.4. The number of aliphatic hydroxyl groups is 1. The lowest BCUT2D eigenvalue weighted by Crippen LogP contribution is -2.38. The summed E-state index contributed by atoms with van der Waals surface area (Å²) in [5, 5.41) is 15.7. The number of aliphatic hydroxyl groups excluding tert-OH is 1. The van der Waals surface area contributed by atoms with Crippen molar-refractivity contribution in [1.82, 2.24) is 20.6 Å². The van der Waals surface area contributed by atoms with E-state index < -0.39 is 6.29 Å². The molecule has 9 heteroatoms. The number of rotatable bonds is 9. The van der Waals surface area contributed by atoms with Gasteiger partial charge in [-0.15, -0.1) is 0 Å². The molecule has 1 saturated heterocycles. The van der Waals surface area contributed by atoms with Gasteiger partial charge in [-0.05, 0) is 29.7 Å². The van der Waals surface area contributed by atoms with Crippen LogP contribution in [0.25, 0.3) is 0 Å². The molecule has 1 aromatic heterocycles. The van der Waals surface area contributed by atoms with Crippen molar-refractivity contribution >= 4 is 17.8 Å². The SMILES string of the molecule is CCNC(=O)NCc1ccc(C2OC(CSc3ncccn3)C(C)C(c3ccc(CO)cc3)O2)cc1. The van der Waals surface area contributed by atoms with Crippen LogP contribution in [-0.4, -0.2) is 39.5 Å². The number of ether oxygens (including phenoxy) is 2. The number of thioether (sulfide) groups is 1. The van der Waals surface area contributed by atoms with Crippen molar-refractivity contribution in [1.29, 1.82) is 0 Å². The van der Waals surface area contributed by atoms with Gasteiger partial charge in [-0.3, -0.25) is 0 Å². The molecule has 3 aromatic rings. The molecule has 0 spiro atoms. The molecule has 2 heterocycles. The number of benzene rings is 2. The molecule has 0 aliphatic carbocycles. The molecule has 1 fully saturated rings. The number of carbonyl (C=O) groups is 1. The number of hydrogen-bond acceptors (Lipinski definition) is 7. The quantitative estimate of drug-likeness (QED) is 0.291. The molecular weight excluding hydrogens is 476 g/mol. The third kappa shape index (κ3) is 6.82. The summed E-state index contributed by atoms with van der Waals surface area (Å²) in [4.78, 5) is 20.3. The van der Waals surface area contributed by atoms with Gasteiger partial charge in [0.2, 0.25) is 0 Å². The van der Waals surface area contributed by atoms with E-state index in [-0.39, 0.29) is 30.8 Å². The third-order valence-corrected chi connectivity index (χ3v) is 7.05. The summed E-state index contributed by atoms with van der Waals surface area (Å²) < 4.78 is 12.9. The van der Waals surface area contributed by atoms with Gasteiger partial charge < -0.3 is 25.2 Å². The minimum Gasteiger partial charge on any atom is -0.392 e. The molecule has 0 bridgehead atoms. The summed E-state index contributed by atoms with van der Waals surface area (Å²) in [5.74, 6) is 0.767. The van der Waals surface area contributed by atoms with E-state index in [2.05, 4.69) is 27.5 Å². The molecule has 1 aliphatic heterocycles. The first-order valence-electron chi connectivity index (χ1n) is 12.1. The number of aromatic nitrogens is 2. The normalized spacial score (nSPS) is 21.6. The summed E-state index contributed by atoms with van der Waals surface area (Å²) in [7, 11) is 0. The Morgan fingerprint density at radius 2 is 1.64 bits per heavy atom. The van der Waals surface area contributed by atoms with E-state index in [1.165, 1.54) is 0 Å². The number of urea groups is 1. The molecule has 2 amide bonds. The third-order valence-electron chi connectivity index (χ3n) is 6.08. The lowest BCUT2D eigenvalue weighted by Gasteiger charge is -2.41. The molecule has 0 radical (unpaired) electrons. The fourth-order valence-electron chi connectivity index (χ4n) is 4.02. The maximum absolute atomic E-state index is 11.7. The van der Waals surface area contributed by atoms with E-state index in [1.807, 2.05) is 55.5 Å². The van der Waals surface area contributed by atoms with Crippen molar-refractivity contribution < 1.29 is 19.4 Å². The van der Waals surface area contributed by atoms with Crippen molar-refractivity contribution in [2.45, 2.75) is 50.7 Å². The highest BCUT2D eigenvalue weighted by Gasteiger charge is 2.38. The van der Waals surface area contributed by atoms with E-state index in [4.69, 9.17) is 9.47 Å². The molecule has 4 rings (SSSR count). The average molecular weight is 509 g/mol. The van der Waals surface area contributed by atoms with Crippen LogP contribution in [0.1, 0.15) is 48.5 Å². The fraction of sp³-hybridized carbons (Fsp3) is 0.370. The van der Waals surface area contributed by atoms with Crippen LogP contribution in [0.5, 0.6) is 0 Å². The minimum absolute atomic E-state index is 0.00471. The molecule has 3 N–H and O–H groups in total. The van der Waals surface area contributed by atoms with E-state index in [0.717, 1.165) is 22.3 Å². The summed E-state index contributed by atoms with van der Waals surface area (Å²) in [5.41, 5.74) is 3.80. The zero-order valence-electron chi connectivity index (χ0n) is 20.5. The van der Waals surface area contributed by atoms with Gasteiger partial charge in [0.25, 0.3) is 0 Å². The van der Waals surface area contributed by atoms with E-state index in [0.29, 0.717) is 24.0 Å². The highest BCUT2D eigenvalue weighted by Crippen LogP contribution is 2.42. The minimum atomic E-state index is -0.545. The topological polar surface area (TPSA) is 106 Å². The monoisotopic (exact) mass is 508 g/mol. The molecule has 190 valence electrons. The van der Waals surface area contributed by atoms with Crippen LogP contribution in [0.3, 0.4) is 0 Å². The maximum atomic E-state index is 11.7. The van der Waals surface area contributed by atoms with Crippen molar-refractivity contribution in [2.75, 3.05) is 12.3 Å². The predicted octanol–water partition coefficient (Wildman–Crippen LogP) is 4.37. The van der Waals surface area contributed by atoms with Crippen LogP contribution in [0.4, 0.5) is 4.79 Å². The first-order chi connectivity index (χ1) is 17.6. The molecule has 2 aromatic carbocycles. The number of nitrogens with one attached hydrogen (secondary N) is 2. The molecular formula is C27H32N4O4S. The van der Waals surface area contributed by atoms with E-state index >= 15 is 0 Å². The number of nitrogens with zero attached hydrogens (tertiary/aromatic N) is 2. The molecule has 4 unspecified atom stereocenters. The Labute approximate surface area is 215 Å². The second-order valence-electron chi connectivity index (χ2n) is 8.62. The number of carbonyl (C=O) groups excluding carboxylic acids is 1. The van der Waals surface area contributed by atoms with Crippen molar-refractivity contribution in [3.05, 3.63) is 89.2 Å². The molecule has 0 saturated carbocycles. The fourth-order valence-corrected chi connectivity index (χ4v) is 4.99. The zero-order valence-corrected chi connectivity index (χ0v) is 21.3. The Kier molecular flexibility index (Phi) is 9.29. The molecule has 8 nitrogen and oxygen atoms in total. The number of hydrogen-bond donors (Lipinski definition) is 3. The lowest BCUT2D eigenvalue weighted by molar-refractivity contribution is -0.268. The largest absolute Gasteiger partial charge is 0.392 e. The highest BCUT2D eigenvalue weighted by molar-refractivity contribution is 7.99. The molecule has 4 atom stereocenters. The molecule has 36 heavy (non-hydrogen) atoms. The van der Waals surface area contributed by atoms with Gasteiger partial charge in [-0.1, -0.05) is 67.2 Å². The second kappa shape index (κ2) is 12.8. The van der Waals surface area contributed by atoms with Crippen LogP contribution < -0.4 is 10.6 Å². The Hall–Kier alpha value is -2.98. The van der Waals surface area contributed by atoms with Gasteiger partial charge >= 0.3 is 6.03 Å². The Morgan fingerprint density at radius 3 is 2.31 bits per heavy atom. The van der Waals surface area contributed by atoms with E-state index in [1.54, 1.807) is 30.2 Å².